The molecule has 1 N–H and O–H groups in total. The topological polar surface area (TPSA) is 62.3 Å². The molecular weight excluding hydrogens is 410 g/mol. The molecule has 0 aliphatic carbocycles. The molecule has 0 spiro atoms. The van der Waals surface area contributed by atoms with Crippen LogP contribution in [0.3, 0.4) is 0 Å². The van der Waals surface area contributed by atoms with Crippen LogP contribution in [0.2, 0.25) is 5.02 Å². The molecule has 0 bridgehead atoms. The van der Waals surface area contributed by atoms with Gasteiger partial charge in [0.05, 0.1) is 5.69 Å². The van der Waals surface area contributed by atoms with Crippen molar-refractivity contribution < 1.29 is 9.59 Å². The smallest absolute Gasteiger partial charge is 0.254 e. The molecule has 3 aromatic rings. The van der Waals surface area contributed by atoms with Gasteiger partial charge in [-0.15, -0.1) is 0 Å². The van der Waals surface area contributed by atoms with Gasteiger partial charge < -0.3 is 10.2 Å². The number of halogens is 1. The molecular formula is C25H24ClN3O2. The summed E-state index contributed by atoms with van der Waals surface area (Å²) in [7, 11) is 0. The molecule has 158 valence electrons. The summed E-state index contributed by atoms with van der Waals surface area (Å²) in [6.45, 7) is 1.11. The first-order valence-electron chi connectivity index (χ1n) is 10.5. The maximum atomic E-state index is 13.2. The molecule has 1 unspecified atom stereocenters. The Balaban J connectivity index is 1.40. The second-order valence-electron chi connectivity index (χ2n) is 7.62. The van der Waals surface area contributed by atoms with Crippen molar-refractivity contribution in [3.8, 4) is 11.3 Å². The van der Waals surface area contributed by atoms with E-state index in [1.165, 1.54) is 0 Å². The number of rotatable bonds is 6. The first kappa shape index (κ1) is 21.1. The van der Waals surface area contributed by atoms with E-state index in [0.717, 1.165) is 29.7 Å². The first-order chi connectivity index (χ1) is 15.1. The van der Waals surface area contributed by atoms with E-state index in [2.05, 4.69) is 10.3 Å². The number of likely N-dealkylation sites (tertiary alicyclic amines) is 1. The fourth-order valence-corrected chi connectivity index (χ4v) is 4.02. The van der Waals surface area contributed by atoms with E-state index in [-0.39, 0.29) is 11.8 Å². The third-order valence-corrected chi connectivity index (χ3v) is 5.76. The second-order valence-corrected chi connectivity index (χ2v) is 8.06. The number of carbonyl (C=O) groups excluding carboxylic acids is 2. The number of carbonyl (C=O) groups is 2. The molecule has 2 amide bonds. The number of nitrogens with one attached hydrogen (secondary N) is 1. The molecule has 5 nitrogen and oxygen atoms in total. The zero-order valence-corrected chi connectivity index (χ0v) is 17.9. The standard InChI is InChI=1S/C25H24ClN3O2/c26-21-11-9-18(10-12-21)13-15-28-24(30)23-8-4-16-29(23)25(31)20-6-3-5-19(17-20)22-7-1-2-14-27-22/h1-3,5-7,9-12,14,17,23H,4,8,13,15-16H2,(H,28,30). The van der Waals surface area contributed by atoms with Crippen molar-refractivity contribution in [2.45, 2.75) is 25.3 Å². The highest BCUT2D eigenvalue weighted by Crippen LogP contribution is 2.23. The van der Waals surface area contributed by atoms with Gasteiger partial charge in [0.15, 0.2) is 0 Å². The fraction of sp³-hybridized carbons (Fsp3) is 0.240. The summed E-state index contributed by atoms with van der Waals surface area (Å²) in [5, 5.41) is 3.68. The Hall–Kier alpha value is -3.18. The molecule has 1 aromatic heterocycles. The number of benzene rings is 2. The number of amides is 2. The highest BCUT2D eigenvalue weighted by molar-refractivity contribution is 6.30. The Bertz CT molecular complexity index is 1050. The Labute approximate surface area is 187 Å². The molecule has 0 saturated carbocycles. The number of pyridine rings is 1. The van der Waals surface area contributed by atoms with Crippen LogP contribution in [0, 0.1) is 0 Å². The molecule has 4 rings (SSSR count). The predicted octanol–water partition coefficient (Wildman–Crippen LogP) is 4.37. The molecule has 0 radical (unpaired) electrons. The summed E-state index contributed by atoms with van der Waals surface area (Å²) in [6.07, 6.45) is 3.95. The van der Waals surface area contributed by atoms with Gasteiger partial charge in [-0.25, -0.2) is 0 Å². The van der Waals surface area contributed by atoms with E-state index in [4.69, 9.17) is 11.6 Å². The molecule has 2 heterocycles. The van der Waals surface area contributed by atoms with Gasteiger partial charge in [-0.2, -0.15) is 0 Å². The monoisotopic (exact) mass is 433 g/mol. The first-order valence-corrected chi connectivity index (χ1v) is 10.8. The maximum absolute atomic E-state index is 13.2. The summed E-state index contributed by atoms with van der Waals surface area (Å²) in [5.74, 6) is -0.214. The van der Waals surface area contributed by atoms with E-state index >= 15 is 0 Å². The van der Waals surface area contributed by atoms with Crippen molar-refractivity contribution in [1.29, 1.82) is 0 Å². The lowest BCUT2D eigenvalue weighted by Gasteiger charge is -2.24. The molecule has 1 atom stereocenters. The molecule has 1 saturated heterocycles. The van der Waals surface area contributed by atoms with E-state index in [9.17, 15) is 9.59 Å². The van der Waals surface area contributed by atoms with E-state index < -0.39 is 6.04 Å². The highest BCUT2D eigenvalue weighted by atomic mass is 35.5. The Morgan fingerprint density at radius 3 is 2.68 bits per heavy atom. The molecule has 1 aliphatic heterocycles. The van der Waals surface area contributed by atoms with Gasteiger partial charge in [-0.3, -0.25) is 14.6 Å². The van der Waals surface area contributed by atoms with Gasteiger partial charge >= 0.3 is 0 Å². The zero-order chi connectivity index (χ0) is 21.6. The lowest BCUT2D eigenvalue weighted by atomic mass is 10.1. The molecule has 1 fully saturated rings. The van der Waals surface area contributed by atoms with Crippen molar-refractivity contribution in [1.82, 2.24) is 15.2 Å². The highest BCUT2D eigenvalue weighted by Gasteiger charge is 2.34. The average molecular weight is 434 g/mol. The molecule has 1 aliphatic rings. The minimum absolute atomic E-state index is 0.0966. The minimum Gasteiger partial charge on any atom is -0.354 e. The van der Waals surface area contributed by atoms with Crippen LogP contribution in [0.4, 0.5) is 0 Å². The predicted molar refractivity (Wildman–Crippen MR) is 122 cm³/mol. The van der Waals surface area contributed by atoms with Crippen molar-refractivity contribution in [3.63, 3.8) is 0 Å². The van der Waals surface area contributed by atoms with Crippen molar-refractivity contribution in [3.05, 3.63) is 89.1 Å². The van der Waals surface area contributed by atoms with Gasteiger partial charge in [0.25, 0.3) is 5.91 Å². The number of hydrogen-bond donors (Lipinski definition) is 1. The van der Waals surface area contributed by atoms with Crippen LogP contribution in [0.15, 0.2) is 72.9 Å². The Morgan fingerprint density at radius 2 is 1.90 bits per heavy atom. The average Bonchev–Trinajstić information content (AvgIpc) is 3.31. The van der Waals surface area contributed by atoms with E-state index in [1.54, 1.807) is 17.2 Å². The van der Waals surface area contributed by atoms with Gasteiger partial charge in [0.1, 0.15) is 6.04 Å². The largest absolute Gasteiger partial charge is 0.354 e. The summed E-state index contributed by atoms with van der Waals surface area (Å²) < 4.78 is 0. The van der Waals surface area contributed by atoms with Gasteiger partial charge in [-0.05, 0) is 61.2 Å². The minimum atomic E-state index is -0.434. The van der Waals surface area contributed by atoms with Crippen LogP contribution in [0.1, 0.15) is 28.8 Å². The van der Waals surface area contributed by atoms with Gasteiger partial charge in [0.2, 0.25) is 5.91 Å². The quantitative estimate of drug-likeness (QED) is 0.628. The normalized spacial score (nSPS) is 15.6. The molecule has 31 heavy (non-hydrogen) atoms. The lowest BCUT2D eigenvalue weighted by molar-refractivity contribution is -0.124. The van der Waals surface area contributed by atoms with Crippen molar-refractivity contribution >= 4 is 23.4 Å². The lowest BCUT2D eigenvalue weighted by Crippen LogP contribution is -2.46. The van der Waals surface area contributed by atoms with Crippen LogP contribution in [0.5, 0.6) is 0 Å². The summed E-state index contributed by atoms with van der Waals surface area (Å²) >= 11 is 5.91. The van der Waals surface area contributed by atoms with Crippen molar-refractivity contribution in [2.24, 2.45) is 0 Å². The fourth-order valence-electron chi connectivity index (χ4n) is 3.89. The summed E-state index contributed by atoms with van der Waals surface area (Å²) in [5.41, 5.74) is 3.38. The van der Waals surface area contributed by atoms with E-state index in [1.807, 2.05) is 60.7 Å². The third-order valence-electron chi connectivity index (χ3n) is 5.51. The maximum Gasteiger partial charge on any atom is 0.254 e. The van der Waals surface area contributed by atoms with Gasteiger partial charge in [0, 0.05) is 35.4 Å². The summed E-state index contributed by atoms with van der Waals surface area (Å²) in [4.78, 5) is 32.0. The number of nitrogens with zero attached hydrogens (tertiary/aromatic N) is 2. The zero-order valence-electron chi connectivity index (χ0n) is 17.1. The van der Waals surface area contributed by atoms with Crippen LogP contribution >= 0.6 is 11.6 Å². The van der Waals surface area contributed by atoms with Crippen LogP contribution in [-0.4, -0.2) is 40.8 Å². The van der Waals surface area contributed by atoms with Crippen LogP contribution < -0.4 is 5.32 Å². The molecule has 6 heteroatoms. The number of aromatic nitrogens is 1. The molecule has 2 aromatic carbocycles. The van der Waals surface area contributed by atoms with Gasteiger partial charge in [-0.1, -0.05) is 41.9 Å². The van der Waals surface area contributed by atoms with Crippen LogP contribution in [-0.2, 0) is 11.2 Å². The third kappa shape index (κ3) is 5.12. The second kappa shape index (κ2) is 9.75. The SMILES string of the molecule is O=C(NCCc1ccc(Cl)cc1)C1CCCN1C(=O)c1cccc(-c2ccccn2)c1. The van der Waals surface area contributed by atoms with E-state index in [0.29, 0.717) is 30.1 Å². The van der Waals surface area contributed by atoms with Crippen molar-refractivity contribution in [2.75, 3.05) is 13.1 Å². The number of hydrogen-bond acceptors (Lipinski definition) is 3. The summed E-state index contributed by atoms with van der Waals surface area (Å²) in [6, 6.07) is 20.3. The Morgan fingerprint density at radius 1 is 1.06 bits per heavy atom. The Kier molecular flexibility index (Phi) is 6.63. The van der Waals surface area contributed by atoms with Crippen LogP contribution in [0.25, 0.3) is 11.3 Å².